The van der Waals surface area contributed by atoms with E-state index < -0.39 is 110 Å². The lowest BCUT2D eigenvalue weighted by atomic mass is 9.86. The number of rotatable bonds is 12. The van der Waals surface area contributed by atoms with Crippen LogP contribution in [0.25, 0.3) is 0 Å². The van der Waals surface area contributed by atoms with Gasteiger partial charge in [0.25, 0.3) is 0 Å². The highest BCUT2D eigenvalue weighted by Gasteiger charge is 2.96. The molecule has 0 N–H and O–H groups in total. The second-order valence-electron chi connectivity index (χ2n) is 8.61. The molecule has 0 atom stereocenters. The van der Waals surface area contributed by atoms with Crippen molar-refractivity contribution in [1.29, 1.82) is 0 Å². The smallest absolute Gasteiger partial charge is 0.244 e. The van der Waals surface area contributed by atoms with E-state index in [0.717, 1.165) is 4.74 Å². The molecular formula is C17F28O3S. The van der Waals surface area contributed by atoms with Crippen LogP contribution in [0.5, 0.6) is 0 Å². The number of benzene rings is 1. The molecule has 0 aliphatic heterocycles. The Balaban J connectivity index is 4.00. The van der Waals surface area contributed by atoms with E-state index in [2.05, 4.69) is 0 Å². The fourth-order valence-corrected chi connectivity index (χ4v) is 3.23. The average molecular weight is 816 g/mol. The summed E-state index contributed by atoms with van der Waals surface area (Å²) in [5.74, 6) is -83.0. The Bertz CT molecular complexity index is 1530. The van der Waals surface area contributed by atoms with Crippen molar-refractivity contribution in [2.24, 2.45) is 0 Å². The summed E-state index contributed by atoms with van der Waals surface area (Å²) in [5.41, 5.74) is -8.88. The van der Waals surface area contributed by atoms with Crippen LogP contribution < -0.4 is 0 Å². The minimum absolute atomic E-state index is 0.889. The minimum Gasteiger partial charge on any atom is -0.244 e. The maximum Gasteiger partial charge on any atom is 0.464 e. The Morgan fingerprint density at radius 3 is 0.939 bits per heavy atom. The molecule has 0 aliphatic rings. The highest BCUT2D eigenvalue weighted by molar-refractivity contribution is 7.87. The number of hydrogen-bond acceptors (Lipinski definition) is 3. The van der Waals surface area contributed by atoms with E-state index in [1.54, 1.807) is 0 Å². The molecule has 49 heavy (non-hydrogen) atoms. The number of hydrogen-bond donors (Lipinski definition) is 0. The predicted octanol–water partition coefficient (Wildman–Crippen LogP) is 9.26. The largest absolute Gasteiger partial charge is 0.464 e. The van der Waals surface area contributed by atoms with Crippen LogP contribution in [0.2, 0.25) is 0 Å². The Hall–Kier alpha value is -2.83. The van der Waals surface area contributed by atoms with Crippen LogP contribution in [0.15, 0.2) is 0 Å². The van der Waals surface area contributed by atoms with Crippen molar-refractivity contribution in [2.45, 2.75) is 65.1 Å². The van der Waals surface area contributed by atoms with E-state index in [-0.39, 0.29) is 0 Å². The Kier molecular flexibility index (Phi) is 10.2. The van der Waals surface area contributed by atoms with Crippen LogP contribution in [0.4, 0.5) is 122 Å². The van der Waals surface area contributed by atoms with Crippen molar-refractivity contribution in [1.82, 2.24) is 0 Å². The summed E-state index contributed by atoms with van der Waals surface area (Å²) in [5, 5.41) is -7.94. The third-order valence-electron chi connectivity index (χ3n) is 5.49. The van der Waals surface area contributed by atoms with Gasteiger partial charge in [-0.15, -0.1) is 0 Å². The first kappa shape index (κ1) is 44.2. The molecule has 288 valence electrons. The fourth-order valence-electron chi connectivity index (χ4n) is 2.91. The maximum atomic E-state index is 14.2. The van der Waals surface area contributed by atoms with Gasteiger partial charge in [-0.2, -0.15) is 109 Å². The van der Waals surface area contributed by atoms with Crippen molar-refractivity contribution in [3.05, 3.63) is 34.4 Å². The summed E-state index contributed by atoms with van der Waals surface area (Å²) < 4.78 is 398. The molecule has 0 spiro atoms. The van der Waals surface area contributed by atoms with Gasteiger partial charge in [-0.3, -0.25) is 0 Å². The van der Waals surface area contributed by atoms with Crippen LogP contribution >= 0.6 is 0 Å². The third kappa shape index (κ3) is 5.83. The highest BCUT2D eigenvalue weighted by atomic mass is 32.3. The van der Waals surface area contributed by atoms with E-state index in [9.17, 15) is 131 Å². The Morgan fingerprint density at radius 2 is 0.653 bits per heavy atom. The molecule has 0 heterocycles. The lowest BCUT2D eigenvalue weighted by Crippen LogP contribution is -2.75. The van der Waals surface area contributed by atoms with Gasteiger partial charge in [0.1, 0.15) is 11.1 Å². The lowest BCUT2D eigenvalue weighted by molar-refractivity contribution is -0.504. The van der Waals surface area contributed by atoms with Gasteiger partial charge in [-0.05, 0) is 0 Å². The molecule has 0 fully saturated rings. The standard InChI is InChI=1S/C17F28O3S/c18-3-1(4(19)6(21)2(5(3)20)8(24,25)26)7(22,23)9(27,28)10(29,30)11(31,32)12(33,34)13(35,36)14(37,38)15(39,40)48-16(41,42)17(43,44)49(45,46)47. The zero-order chi connectivity index (χ0) is 40.2. The molecule has 0 saturated heterocycles. The zero-order valence-electron chi connectivity index (χ0n) is 20.7. The van der Waals surface area contributed by atoms with Gasteiger partial charge in [0.15, 0.2) is 23.3 Å². The first-order valence-corrected chi connectivity index (χ1v) is 11.6. The summed E-state index contributed by atoms with van der Waals surface area (Å²) in [6.45, 7) is 0. The maximum absolute atomic E-state index is 14.2. The van der Waals surface area contributed by atoms with Crippen molar-refractivity contribution >= 4 is 10.2 Å². The third-order valence-corrected chi connectivity index (χ3v) is 6.34. The van der Waals surface area contributed by atoms with Crippen LogP contribution in [-0.2, 0) is 27.1 Å². The number of halogens is 28. The van der Waals surface area contributed by atoms with Gasteiger partial charge in [0.05, 0.1) is 0 Å². The molecule has 0 bridgehead atoms. The Morgan fingerprint density at radius 1 is 0.388 bits per heavy atom. The molecule has 1 aromatic rings. The van der Waals surface area contributed by atoms with E-state index in [1.165, 1.54) is 0 Å². The van der Waals surface area contributed by atoms with Crippen molar-refractivity contribution in [2.75, 3.05) is 0 Å². The molecule has 32 heteroatoms. The van der Waals surface area contributed by atoms with E-state index in [4.69, 9.17) is 0 Å². The van der Waals surface area contributed by atoms with Crippen molar-refractivity contribution in [3.63, 3.8) is 0 Å². The normalized spacial score (nSPS) is 16.0. The number of alkyl halides is 23. The van der Waals surface area contributed by atoms with Crippen LogP contribution in [0.1, 0.15) is 11.1 Å². The van der Waals surface area contributed by atoms with Gasteiger partial charge in [-0.25, -0.2) is 22.3 Å². The van der Waals surface area contributed by atoms with Crippen molar-refractivity contribution < 1.29 is 136 Å². The van der Waals surface area contributed by atoms with Crippen LogP contribution in [-0.4, -0.2) is 61.4 Å². The van der Waals surface area contributed by atoms with Gasteiger partial charge in [0.2, 0.25) is 0 Å². The molecule has 0 radical (unpaired) electrons. The molecule has 0 aliphatic carbocycles. The summed E-state index contributed by atoms with van der Waals surface area (Å²) in [6, 6.07) is 0. The fraction of sp³-hybridized carbons (Fsp3) is 0.647. The van der Waals surface area contributed by atoms with E-state index in [1.807, 2.05) is 0 Å². The lowest BCUT2D eigenvalue weighted by Gasteiger charge is -2.43. The molecule has 3 nitrogen and oxygen atoms in total. The molecule has 1 rings (SSSR count). The minimum atomic E-state index is -9.66. The van der Waals surface area contributed by atoms with Gasteiger partial charge in [0, 0.05) is 0 Å². The van der Waals surface area contributed by atoms with Gasteiger partial charge in [-0.1, -0.05) is 3.89 Å². The monoisotopic (exact) mass is 816 g/mol. The summed E-state index contributed by atoms with van der Waals surface area (Å²) >= 11 is 0. The summed E-state index contributed by atoms with van der Waals surface area (Å²) in [6.07, 6.45) is -23.8. The molecular weight excluding hydrogens is 816 g/mol. The summed E-state index contributed by atoms with van der Waals surface area (Å²) in [7, 11) is -8.41. The molecule has 0 saturated carbocycles. The average Bonchev–Trinajstić information content (AvgIpc) is 2.84. The quantitative estimate of drug-likeness (QED) is 0.120. The second-order valence-corrected chi connectivity index (χ2v) is 10.0. The van der Waals surface area contributed by atoms with E-state index >= 15 is 0 Å². The van der Waals surface area contributed by atoms with Gasteiger partial charge >= 0.3 is 75.3 Å². The number of ether oxygens (including phenoxy) is 1. The first-order valence-electron chi connectivity index (χ1n) is 10.2. The predicted molar refractivity (Wildman–Crippen MR) is 90.8 cm³/mol. The van der Waals surface area contributed by atoms with E-state index in [0.29, 0.717) is 0 Å². The SMILES string of the molecule is O=S(=O)(F)C(F)(F)C(F)(F)OC(F)(F)C(F)(F)C(F)(F)C(F)(F)C(F)(F)C(F)(F)C(F)(F)C(F)(F)c1c(F)c(F)c(C(F)(F)F)c(F)c1F. The molecule has 1 aromatic carbocycles. The van der Waals surface area contributed by atoms with Crippen LogP contribution in [0.3, 0.4) is 0 Å². The second kappa shape index (κ2) is 11.3. The topological polar surface area (TPSA) is 43.4 Å². The first-order chi connectivity index (χ1) is 20.8. The Labute approximate surface area is 246 Å². The zero-order valence-corrected chi connectivity index (χ0v) is 21.5. The van der Waals surface area contributed by atoms with Crippen molar-refractivity contribution in [3.8, 4) is 0 Å². The summed E-state index contributed by atoms with van der Waals surface area (Å²) in [4.78, 5) is 0. The highest BCUT2D eigenvalue weighted by Crippen LogP contribution is 2.66. The van der Waals surface area contributed by atoms with Gasteiger partial charge < -0.3 is 0 Å². The molecule has 0 unspecified atom stereocenters. The molecule has 0 amide bonds. The van der Waals surface area contributed by atoms with Crippen LogP contribution in [0, 0.1) is 23.3 Å². The molecule has 0 aromatic heterocycles.